The first kappa shape index (κ1) is 13.5. The SMILES string of the molecule is CCC(C)(CO)NC(=O)c1scc(C)c1Cl. The molecule has 0 aliphatic carbocycles. The molecular formula is C11H16ClNO2S. The number of aliphatic hydroxyl groups excluding tert-OH is 1. The number of amides is 1. The molecule has 1 unspecified atom stereocenters. The van der Waals surface area contributed by atoms with Gasteiger partial charge in [-0.15, -0.1) is 11.3 Å². The van der Waals surface area contributed by atoms with Crippen molar-refractivity contribution >= 4 is 28.8 Å². The van der Waals surface area contributed by atoms with Crippen LogP contribution in [0.25, 0.3) is 0 Å². The van der Waals surface area contributed by atoms with Crippen molar-refractivity contribution in [3.8, 4) is 0 Å². The summed E-state index contributed by atoms with van der Waals surface area (Å²) in [6.45, 7) is 5.49. The average molecular weight is 262 g/mol. The van der Waals surface area contributed by atoms with E-state index in [4.69, 9.17) is 11.6 Å². The highest BCUT2D eigenvalue weighted by Gasteiger charge is 2.25. The summed E-state index contributed by atoms with van der Waals surface area (Å²) < 4.78 is 0. The summed E-state index contributed by atoms with van der Waals surface area (Å²) in [6, 6.07) is 0. The maximum absolute atomic E-state index is 11.9. The second-order valence-corrected chi connectivity index (χ2v) is 5.35. The molecule has 0 spiro atoms. The second-order valence-electron chi connectivity index (χ2n) is 4.09. The van der Waals surface area contributed by atoms with Crippen molar-refractivity contribution in [2.24, 2.45) is 0 Å². The van der Waals surface area contributed by atoms with Crippen molar-refractivity contribution in [2.45, 2.75) is 32.7 Å². The Balaban J connectivity index is 2.84. The molecule has 0 aromatic carbocycles. The van der Waals surface area contributed by atoms with Crippen LogP contribution in [0, 0.1) is 6.92 Å². The van der Waals surface area contributed by atoms with Crippen LogP contribution in [0.4, 0.5) is 0 Å². The maximum atomic E-state index is 11.9. The van der Waals surface area contributed by atoms with Gasteiger partial charge in [-0.2, -0.15) is 0 Å². The van der Waals surface area contributed by atoms with Gasteiger partial charge in [-0.1, -0.05) is 18.5 Å². The smallest absolute Gasteiger partial charge is 0.263 e. The van der Waals surface area contributed by atoms with Gasteiger partial charge in [-0.05, 0) is 31.2 Å². The number of aryl methyl sites for hydroxylation is 1. The molecule has 0 fully saturated rings. The Morgan fingerprint density at radius 1 is 1.69 bits per heavy atom. The summed E-state index contributed by atoms with van der Waals surface area (Å²) in [5.41, 5.74) is 0.317. The quantitative estimate of drug-likeness (QED) is 0.875. The molecule has 1 aromatic heterocycles. The van der Waals surface area contributed by atoms with Gasteiger partial charge in [0.2, 0.25) is 0 Å². The second kappa shape index (κ2) is 5.17. The lowest BCUT2D eigenvalue weighted by Crippen LogP contribution is -2.48. The van der Waals surface area contributed by atoms with E-state index in [9.17, 15) is 9.90 Å². The van der Waals surface area contributed by atoms with Crippen molar-refractivity contribution in [2.75, 3.05) is 6.61 Å². The molecule has 16 heavy (non-hydrogen) atoms. The number of hydrogen-bond acceptors (Lipinski definition) is 3. The fourth-order valence-corrected chi connectivity index (χ4v) is 2.33. The molecule has 0 saturated carbocycles. The zero-order valence-corrected chi connectivity index (χ0v) is 11.2. The van der Waals surface area contributed by atoms with Crippen molar-refractivity contribution in [3.63, 3.8) is 0 Å². The summed E-state index contributed by atoms with van der Waals surface area (Å²) in [5, 5.41) is 14.4. The largest absolute Gasteiger partial charge is 0.394 e. The molecular weight excluding hydrogens is 246 g/mol. The third kappa shape index (κ3) is 2.75. The molecule has 0 aliphatic heterocycles. The molecule has 0 saturated heterocycles. The summed E-state index contributed by atoms with van der Waals surface area (Å²) in [5.74, 6) is -0.221. The molecule has 3 nitrogen and oxygen atoms in total. The van der Waals surface area contributed by atoms with Crippen LogP contribution in [0.5, 0.6) is 0 Å². The lowest BCUT2D eigenvalue weighted by atomic mass is 10.0. The molecule has 2 N–H and O–H groups in total. The van der Waals surface area contributed by atoms with Crippen LogP contribution in [-0.2, 0) is 0 Å². The van der Waals surface area contributed by atoms with Crippen molar-refractivity contribution < 1.29 is 9.90 Å². The summed E-state index contributed by atoms with van der Waals surface area (Å²) >= 11 is 7.33. The molecule has 1 amide bonds. The maximum Gasteiger partial charge on any atom is 0.263 e. The van der Waals surface area contributed by atoms with Crippen LogP contribution >= 0.6 is 22.9 Å². The van der Waals surface area contributed by atoms with Gasteiger partial charge < -0.3 is 10.4 Å². The van der Waals surface area contributed by atoms with Crippen LogP contribution in [0.15, 0.2) is 5.38 Å². The Morgan fingerprint density at radius 3 is 2.69 bits per heavy atom. The molecule has 1 aromatic rings. The molecule has 0 radical (unpaired) electrons. The average Bonchev–Trinajstić information content (AvgIpc) is 2.59. The lowest BCUT2D eigenvalue weighted by molar-refractivity contribution is 0.0851. The van der Waals surface area contributed by atoms with Gasteiger partial charge in [0.15, 0.2) is 0 Å². The Labute approximate surface area is 104 Å². The molecule has 1 heterocycles. The first-order chi connectivity index (χ1) is 7.43. The van der Waals surface area contributed by atoms with E-state index in [0.717, 1.165) is 5.56 Å². The van der Waals surface area contributed by atoms with Crippen LogP contribution in [0.2, 0.25) is 5.02 Å². The van der Waals surface area contributed by atoms with Crippen LogP contribution in [0.1, 0.15) is 35.5 Å². The van der Waals surface area contributed by atoms with Crippen molar-refractivity contribution in [1.29, 1.82) is 0 Å². The number of aliphatic hydroxyl groups is 1. The molecule has 90 valence electrons. The Bertz CT molecular complexity index is 385. The normalized spacial score (nSPS) is 14.6. The number of thiophene rings is 1. The number of hydrogen-bond donors (Lipinski definition) is 2. The van der Waals surface area contributed by atoms with E-state index in [-0.39, 0.29) is 12.5 Å². The molecule has 1 rings (SSSR count). The van der Waals surface area contributed by atoms with Gasteiger partial charge in [-0.25, -0.2) is 0 Å². The topological polar surface area (TPSA) is 49.3 Å². The third-order valence-corrected chi connectivity index (χ3v) is 4.35. The van der Waals surface area contributed by atoms with Crippen LogP contribution in [-0.4, -0.2) is 23.2 Å². The monoisotopic (exact) mass is 261 g/mol. The zero-order valence-electron chi connectivity index (χ0n) is 9.63. The fraction of sp³-hybridized carbons (Fsp3) is 0.545. The van der Waals surface area contributed by atoms with Gasteiger partial charge in [0.1, 0.15) is 4.88 Å². The van der Waals surface area contributed by atoms with Gasteiger partial charge in [0, 0.05) is 0 Å². The van der Waals surface area contributed by atoms with Crippen molar-refractivity contribution in [1.82, 2.24) is 5.32 Å². The predicted molar refractivity (Wildman–Crippen MR) is 67.3 cm³/mol. The first-order valence-electron chi connectivity index (χ1n) is 5.10. The summed E-state index contributed by atoms with van der Waals surface area (Å²) in [4.78, 5) is 12.4. The van der Waals surface area contributed by atoms with E-state index < -0.39 is 5.54 Å². The zero-order chi connectivity index (χ0) is 12.3. The Morgan fingerprint density at radius 2 is 2.31 bits per heavy atom. The minimum atomic E-state index is -0.585. The summed E-state index contributed by atoms with van der Waals surface area (Å²) in [7, 11) is 0. The van der Waals surface area contributed by atoms with E-state index in [1.807, 2.05) is 19.2 Å². The van der Waals surface area contributed by atoms with Gasteiger partial charge in [-0.3, -0.25) is 4.79 Å². The molecule has 5 heteroatoms. The fourth-order valence-electron chi connectivity index (χ4n) is 1.15. The van der Waals surface area contributed by atoms with Gasteiger partial charge >= 0.3 is 0 Å². The lowest BCUT2D eigenvalue weighted by Gasteiger charge is -2.26. The Hall–Kier alpha value is -0.580. The first-order valence-corrected chi connectivity index (χ1v) is 6.36. The van der Waals surface area contributed by atoms with Gasteiger partial charge in [0.05, 0.1) is 17.2 Å². The minimum Gasteiger partial charge on any atom is -0.394 e. The number of nitrogens with one attached hydrogen (secondary N) is 1. The van der Waals surface area contributed by atoms with E-state index in [1.165, 1.54) is 11.3 Å². The number of halogens is 1. The standard InChI is InChI=1S/C11H16ClNO2S/c1-4-11(3,6-14)13-10(15)9-8(12)7(2)5-16-9/h5,14H,4,6H2,1-3H3,(H,13,15). The number of carbonyl (C=O) groups is 1. The molecule has 0 aliphatic rings. The van der Waals surface area contributed by atoms with Gasteiger partial charge in [0.25, 0.3) is 5.91 Å². The molecule has 0 bridgehead atoms. The number of carbonyl (C=O) groups excluding carboxylic acids is 1. The Kier molecular flexibility index (Phi) is 4.35. The van der Waals surface area contributed by atoms with Crippen LogP contribution < -0.4 is 5.32 Å². The predicted octanol–water partition coefficient (Wildman–Crippen LogP) is 2.60. The highest BCUT2D eigenvalue weighted by Crippen LogP contribution is 2.27. The molecule has 1 atom stereocenters. The van der Waals surface area contributed by atoms with Crippen LogP contribution in [0.3, 0.4) is 0 Å². The van der Waals surface area contributed by atoms with E-state index >= 15 is 0 Å². The van der Waals surface area contributed by atoms with E-state index in [1.54, 1.807) is 6.92 Å². The third-order valence-electron chi connectivity index (χ3n) is 2.65. The van der Waals surface area contributed by atoms with E-state index in [2.05, 4.69) is 5.32 Å². The highest BCUT2D eigenvalue weighted by molar-refractivity contribution is 7.13. The minimum absolute atomic E-state index is 0.0861. The highest BCUT2D eigenvalue weighted by atomic mass is 35.5. The van der Waals surface area contributed by atoms with Crippen molar-refractivity contribution in [3.05, 3.63) is 20.8 Å². The van der Waals surface area contributed by atoms with E-state index in [0.29, 0.717) is 16.3 Å². The summed E-state index contributed by atoms with van der Waals surface area (Å²) in [6.07, 6.45) is 0.664. The number of rotatable bonds is 4.